The summed E-state index contributed by atoms with van der Waals surface area (Å²) < 4.78 is 27.1. The number of rotatable bonds is 21. The zero-order valence-electron chi connectivity index (χ0n) is 31.9. The quantitative estimate of drug-likeness (QED) is 0.0548. The van der Waals surface area contributed by atoms with Crippen molar-refractivity contribution < 1.29 is 28.1 Å². The minimum absolute atomic E-state index is 0.750. The first-order valence-electron chi connectivity index (χ1n) is 19.4. The van der Waals surface area contributed by atoms with E-state index in [1.165, 1.54) is 71.9 Å². The molecule has 6 aromatic rings. The average Bonchev–Trinajstić information content (AvgIpc) is 3.24. The summed E-state index contributed by atoms with van der Waals surface area (Å²) in [6.45, 7) is 3.57. The zero-order chi connectivity index (χ0) is 37.2. The van der Waals surface area contributed by atoms with Gasteiger partial charge in [0.05, 0.1) is 27.4 Å². The van der Waals surface area contributed by atoms with Gasteiger partial charge >= 0.3 is 0 Å². The predicted octanol–water partition coefficient (Wildman–Crippen LogP) is 10.6. The van der Waals surface area contributed by atoms with Gasteiger partial charge in [-0.25, -0.2) is 9.13 Å². The summed E-state index contributed by atoms with van der Waals surface area (Å²) in [5.74, 6) is 3.59. The van der Waals surface area contributed by atoms with Gasteiger partial charge in [-0.2, -0.15) is 0 Å². The van der Waals surface area contributed by atoms with Gasteiger partial charge in [0.25, 0.3) is 0 Å². The smallest absolute Gasteiger partial charge is 0.169 e. The standard InChI is InChI=1S/C48H54N2O4/c1-51-45-19-11-39(12-20-45)41-15-23-47(24-16-41)53-37-9-5-3-7-31-49-33-27-43(28-34-49)44-29-35-50(36-30-44)32-8-4-6-10-38-54-48-25-17-42(18-26-48)40-13-21-46(52-2)22-14-40/h11-30,33-36H,3-10,31-32,37-38H2,1-2H3/q+2. The second-order valence-electron chi connectivity index (χ2n) is 13.7. The molecular formula is C48H54N2O4+2. The fourth-order valence-electron chi connectivity index (χ4n) is 6.53. The van der Waals surface area contributed by atoms with Crippen molar-refractivity contribution in [2.24, 2.45) is 0 Å². The molecule has 2 heterocycles. The molecule has 0 radical (unpaired) electrons. The highest BCUT2D eigenvalue weighted by Crippen LogP contribution is 2.26. The van der Waals surface area contributed by atoms with Crippen LogP contribution in [0.15, 0.2) is 146 Å². The number of unbranched alkanes of at least 4 members (excludes halogenated alkanes) is 6. The molecule has 0 spiro atoms. The van der Waals surface area contributed by atoms with Crippen LogP contribution in [0.25, 0.3) is 33.4 Å². The number of methoxy groups -OCH3 is 2. The Balaban J connectivity index is 0.796. The number of nitrogens with zero attached hydrogens (tertiary/aromatic N) is 2. The van der Waals surface area contributed by atoms with Crippen molar-refractivity contribution >= 4 is 0 Å². The van der Waals surface area contributed by atoms with E-state index in [1.54, 1.807) is 14.2 Å². The largest absolute Gasteiger partial charge is 0.497 e. The van der Waals surface area contributed by atoms with Gasteiger partial charge in [-0.1, -0.05) is 48.5 Å². The molecule has 6 nitrogen and oxygen atoms in total. The van der Waals surface area contributed by atoms with Crippen molar-refractivity contribution in [3.8, 4) is 56.4 Å². The maximum Gasteiger partial charge on any atom is 0.169 e. The van der Waals surface area contributed by atoms with Crippen LogP contribution in [0.4, 0.5) is 0 Å². The molecule has 0 bridgehead atoms. The van der Waals surface area contributed by atoms with Crippen LogP contribution < -0.4 is 28.1 Å². The molecule has 0 aliphatic heterocycles. The normalized spacial score (nSPS) is 10.9. The molecule has 54 heavy (non-hydrogen) atoms. The molecule has 0 fully saturated rings. The first kappa shape index (κ1) is 38.1. The number of pyridine rings is 2. The summed E-state index contributed by atoms with van der Waals surface area (Å²) in [4.78, 5) is 0. The van der Waals surface area contributed by atoms with E-state index in [0.29, 0.717) is 0 Å². The molecule has 0 aliphatic carbocycles. The van der Waals surface area contributed by atoms with E-state index in [-0.39, 0.29) is 0 Å². The fourth-order valence-corrected chi connectivity index (χ4v) is 6.53. The minimum atomic E-state index is 0.750. The molecule has 0 atom stereocenters. The molecule has 0 amide bonds. The number of aromatic nitrogens is 2. The molecule has 278 valence electrons. The van der Waals surface area contributed by atoms with Crippen molar-refractivity contribution in [2.45, 2.75) is 64.5 Å². The number of benzene rings is 4. The predicted molar refractivity (Wildman–Crippen MR) is 217 cm³/mol. The van der Waals surface area contributed by atoms with Crippen molar-refractivity contribution in [1.29, 1.82) is 0 Å². The molecule has 0 saturated heterocycles. The zero-order valence-corrected chi connectivity index (χ0v) is 31.9. The van der Waals surface area contributed by atoms with E-state index in [0.717, 1.165) is 62.1 Å². The van der Waals surface area contributed by atoms with E-state index in [2.05, 4.69) is 131 Å². The molecule has 0 aliphatic rings. The van der Waals surface area contributed by atoms with Crippen LogP contribution in [0.5, 0.6) is 23.0 Å². The summed E-state index contributed by atoms with van der Waals surface area (Å²) in [7, 11) is 3.38. The van der Waals surface area contributed by atoms with E-state index in [1.807, 2.05) is 24.3 Å². The lowest BCUT2D eigenvalue weighted by Crippen LogP contribution is -2.33. The van der Waals surface area contributed by atoms with E-state index >= 15 is 0 Å². The molecule has 0 saturated carbocycles. The van der Waals surface area contributed by atoms with E-state index < -0.39 is 0 Å². The maximum absolute atomic E-state index is 5.99. The first-order valence-corrected chi connectivity index (χ1v) is 19.4. The number of hydrogen-bond donors (Lipinski definition) is 0. The summed E-state index contributed by atoms with van der Waals surface area (Å²) in [6.07, 6.45) is 18.0. The molecule has 6 rings (SSSR count). The summed E-state index contributed by atoms with van der Waals surface area (Å²) in [5, 5.41) is 0. The molecule has 2 aromatic heterocycles. The molecule has 6 heteroatoms. The third-order valence-corrected chi connectivity index (χ3v) is 9.83. The SMILES string of the molecule is COc1ccc(-c2ccc(OCCCCCC[n+]3ccc(-c4cc[n+](CCCCCCOc5ccc(-c6ccc(OC)cc6)cc5)cc4)cc3)cc2)cc1. The van der Waals surface area contributed by atoms with Crippen molar-refractivity contribution in [1.82, 2.24) is 0 Å². The lowest BCUT2D eigenvalue weighted by atomic mass is 10.1. The van der Waals surface area contributed by atoms with Crippen LogP contribution in [0.3, 0.4) is 0 Å². The number of ether oxygens (including phenoxy) is 4. The Morgan fingerprint density at radius 2 is 0.593 bits per heavy atom. The van der Waals surface area contributed by atoms with Gasteiger partial charge in [-0.05, 0) is 120 Å². The van der Waals surface area contributed by atoms with Gasteiger partial charge in [0, 0.05) is 37.1 Å². The van der Waals surface area contributed by atoms with Crippen LogP contribution in [0, 0.1) is 0 Å². The Bertz CT molecular complexity index is 1790. The summed E-state index contributed by atoms with van der Waals surface area (Å²) >= 11 is 0. The van der Waals surface area contributed by atoms with Gasteiger partial charge in [-0.3, -0.25) is 0 Å². The highest BCUT2D eigenvalue weighted by molar-refractivity contribution is 5.66. The highest BCUT2D eigenvalue weighted by atomic mass is 16.5. The van der Waals surface area contributed by atoms with Crippen molar-refractivity contribution in [2.75, 3.05) is 27.4 Å². The Morgan fingerprint density at radius 1 is 0.315 bits per heavy atom. The van der Waals surface area contributed by atoms with E-state index in [9.17, 15) is 0 Å². The molecule has 0 unspecified atom stereocenters. The highest BCUT2D eigenvalue weighted by Gasteiger charge is 2.07. The second kappa shape index (κ2) is 20.6. The number of aryl methyl sites for hydroxylation is 2. The minimum Gasteiger partial charge on any atom is -0.497 e. The molecule has 0 N–H and O–H groups in total. The lowest BCUT2D eigenvalue weighted by Gasteiger charge is -2.08. The topological polar surface area (TPSA) is 44.7 Å². The van der Waals surface area contributed by atoms with Crippen LogP contribution in [0.1, 0.15) is 51.4 Å². The van der Waals surface area contributed by atoms with E-state index in [4.69, 9.17) is 18.9 Å². The summed E-state index contributed by atoms with van der Waals surface area (Å²) in [5.41, 5.74) is 7.20. The Labute approximate surface area is 321 Å². The maximum atomic E-state index is 5.99. The van der Waals surface area contributed by atoms with Crippen LogP contribution in [-0.4, -0.2) is 27.4 Å². The monoisotopic (exact) mass is 722 g/mol. The third-order valence-electron chi connectivity index (χ3n) is 9.83. The third kappa shape index (κ3) is 11.7. The van der Waals surface area contributed by atoms with Crippen molar-refractivity contribution in [3.63, 3.8) is 0 Å². The molecule has 4 aromatic carbocycles. The van der Waals surface area contributed by atoms with Crippen LogP contribution in [-0.2, 0) is 13.1 Å². The Kier molecular flexibility index (Phi) is 14.5. The van der Waals surface area contributed by atoms with Gasteiger partial charge in [-0.15, -0.1) is 0 Å². The Morgan fingerprint density at radius 3 is 0.907 bits per heavy atom. The van der Waals surface area contributed by atoms with Gasteiger partial charge in [0.15, 0.2) is 24.8 Å². The average molecular weight is 723 g/mol. The summed E-state index contributed by atoms with van der Waals surface area (Å²) in [6, 6.07) is 41.8. The van der Waals surface area contributed by atoms with Crippen molar-refractivity contribution in [3.05, 3.63) is 146 Å². The Hall–Kier alpha value is -5.62. The van der Waals surface area contributed by atoms with Crippen LogP contribution in [0.2, 0.25) is 0 Å². The first-order chi connectivity index (χ1) is 26.7. The fraction of sp³-hybridized carbons (Fsp3) is 0.292. The van der Waals surface area contributed by atoms with Gasteiger partial charge in [0.1, 0.15) is 36.1 Å². The number of hydrogen-bond acceptors (Lipinski definition) is 4. The molecular weight excluding hydrogens is 669 g/mol. The van der Waals surface area contributed by atoms with Gasteiger partial charge in [0.2, 0.25) is 0 Å². The van der Waals surface area contributed by atoms with Crippen LogP contribution >= 0.6 is 0 Å². The van der Waals surface area contributed by atoms with Gasteiger partial charge < -0.3 is 18.9 Å². The lowest BCUT2D eigenvalue weighted by molar-refractivity contribution is -0.697. The second-order valence-corrected chi connectivity index (χ2v) is 13.7.